The molecule has 1 N–H and O–H groups in total. The maximum atomic E-state index is 12.1. The lowest BCUT2D eigenvalue weighted by Gasteiger charge is -2.10. The molecule has 1 heterocycles. The first-order valence-electron chi connectivity index (χ1n) is 8.17. The summed E-state index contributed by atoms with van der Waals surface area (Å²) < 4.78 is 7.29. The summed E-state index contributed by atoms with van der Waals surface area (Å²) in [5.41, 5.74) is 3.43. The zero-order chi connectivity index (χ0) is 17.6. The van der Waals surface area contributed by atoms with E-state index in [2.05, 4.69) is 41.6 Å². The van der Waals surface area contributed by atoms with Crippen molar-refractivity contribution in [3.63, 3.8) is 0 Å². The number of carbonyl (C=O) groups excluding carboxylic acids is 1. The van der Waals surface area contributed by atoms with E-state index in [0.29, 0.717) is 18.1 Å². The molecule has 0 saturated carbocycles. The fourth-order valence-corrected chi connectivity index (χ4v) is 2.46. The Morgan fingerprint density at radius 3 is 2.64 bits per heavy atom. The van der Waals surface area contributed by atoms with Crippen LogP contribution in [-0.4, -0.2) is 22.3 Å². The first kappa shape index (κ1) is 16.8. The van der Waals surface area contributed by atoms with Crippen LogP contribution >= 0.6 is 0 Å². The minimum atomic E-state index is -0.216. The van der Waals surface area contributed by atoms with Gasteiger partial charge >= 0.3 is 0 Å². The summed E-state index contributed by atoms with van der Waals surface area (Å²) in [6.45, 7) is 4.59. The molecule has 0 saturated heterocycles. The monoisotopic (exact) mass is 335 g/mol. The molecule has 0 unspecified atom stereocenters. The molecule has 3 aromatic rings. The maximum absolute atomic E-state index is 12.1. The number of amides is 1. The number of nitrogens with zero attached hydrogens (tertiary/aromatic N) is 2. The number of hydrogen-bond acceptors (Lipinski definition) is 3. The van der Waals surface area contributed by atoms with Crippen molar-refractivity contribution in [1.82, 2.24) is 9.78 Å². The van der Waals surface area contributed by atoms with Crippen molar-refractivity contribution in [2.45, 2.75) is 20.4 Å². The van der Waals surface area contributed by atoms with E-state index in [1.807, 2.05) is 31.2 Å². The minimum Gasteiger partial charge on any atom is -0.484 e. The van der Waals surface area contributed by atoms with Crippen LogP contribution in [0.15, 0.2) is 60.8 Å². The van der Waals surface area contributed by atoms with Gasteiger partial charge in [-0.1, -0.05) is 42.0 Å². The third-order valence-electron chi connectivity index (χ3n) is 3.80. The van der Waals surface area contributed by atoms with Crippen LogP contribution in [0.4, 0.5) is 5.82 Å². The number of hydrogen-bond donors (Lipinski definition) is 1. The lowest BCUT2D eigenvalue weighted by molar-refractivity contribution is -0.118. The number of nitrogens with one attached hydrogen (secondary N) is 1. The topological polar surface area (TPSA) is 56.2 Å². The van der Waals surface area contributed by atoms with Crippen LogP contribution in [0.25, 0.3) is 0 Å². The van der Waals surface area contributed by atoms with Crippen LogP contribution in [0.2, 0.25) is 0 Å². The van der Waals surface area contributed by atoms with Crippen LogP contribution in [0, 0.1) is 13.8 Å². The van der Waals surface area contributed by atoms with Gasteiger partial charge in [0.2, 0.25) is 0 Å². The zero-order valence-corrected chi connectivity index (χ0v) is 14.4. The molecule has 25 heavy (non-hydrogen) atoms. The van der Waals surface area contributed by atoms with E-state index in [1.165, 1.54) is 5.56 Å². The van der Waals surface area contributed by atoms with Crippen molar-refractivity contribution in [1.29, 1.82) is 0 Å². The summed E-state index contributed by atoms with van der Waals surface area (Å²) in [5.74, 6) is 1.12. The van der Waals surface area contributed by atoms with E-state index in [-0.39, 0.29) is 12.5 Å². The largest absolute Gasteiger partial charge is 0.484 e. The van der Waals surface area contributed by atoms with Gasteiger partial charge < -0.3 is 10.1 Å². The van der Waals surface area contributed by atoms with E-state index in [4.69, 9.17) is 4.74 Å². The van der Waals surface area contributed by atoms with E-state index in [0.717, 1.165) is 11.1 Å². The zero-order valence-electron chi connectivity index (χ0n) is 14.4. The summed E-state index contributed by atoms with van der Waals surface area (Å²) in [5, 5.41) is 7.12. The molecule has 0 radical (unpaired) electrons. The quantitative estimate of drug-likeness (QED) is 0.749. The first-order chi connectivity index (χ1) is 12.1. The Balaban J connectivity index is 1.58. The second kappa shape index (κ2) is 7.66. The average molecular weight is 335 g/mol. The number of ether oxygens (including phenoxy) is 1. The Hall–Kier alpha value is -3.08. The Bertz CT molecular complexity index is 853. The number of rotatable bonds is 6. The molecule has 3 rings (SSSR count). The summed E-state index contributed by atoms with van der Waals surface area (Å²) in [6, 6.07) is 17.6. The Morgan fingerprint density at radius 2 is 1.88 bits per heavy atom. The predicted octanol–water partition coefficient (Wildman–Crippen LogP) is 3.57. The van der Waals surface area contributed by atoms with Gasteiger partial charge in [-0.05, 0) is 37.1 Å². The lowest BCUT2D eigenvalue weighted by Crippen LogP contribution is -2.22. The third-order valence-corrected chi connectivity index (χ3v) is 3.80. The smallest absolute Gasteiger partial charge is 0.263 e. The molecule has 0 bridgehead atoms. The van der Waals surface area contributed by atoms with Crippen LogP contribution in [-0.2, 0) is 11.3 Å². The minimum absolute atomic E-state index is 0.0425. The highest BCUT2D eigenvalue weighted by atomic mass is 16.5. The molecule has 5 heteroatoms. The number of aromatic nitrogens is 2. The number of anilines is 1. The summed E-state index contributed by atoms with van der Waals surface area (Å²) in [4.78, 5) is 12.1. The van der Waals surface area contributed by atoms with Crippen molar-refractivity contribution < 1.29 is 9.53 Å². The molecule has 2 aromatic carbocycles. The first-order valence-corrected chi connectivity index (χ1v) is 8.17. The molecule has 0 fully saturated rings. The van der Waals surface area contributed by atoms with Crippen molar-refractivity contribution in [3.05, 3.63) is 77.5 Å². The van der Waals surface area contributed by atoms with Crippen molar-refractivity contribution >= 4 is 11.7 Å². The van der Waals surface area contributed by atoms with E-state index in [9.17, 15) is 4.79 Å². The molecule has 0 aliphatic carbocycles. The molecule has 1 amide bonds. The molecule has 128 valence electrons. The SMILES string of the molecule is Cc1ccc(Cn2nccc2NC(=O)COc2cccc(C)c2)cc1. The fourth-order valence-electron chi connectivity index (χ4n) is 2.46. The van der Waals surface area contributed by atoms with Crippen molar-refractivity contribution in [2.24, 2.45) is 0 Å². The average Bonchev–Trinajstić information content (AvgIpc) is 3.02. The van der Waals surface area contributed by atoms with Gasteiger partial charge in [-0.25, -0.2) is 4.68 Å². The van der Waals surface area contributed by atoms with Gasteiger partial charge in [0.15, 0.2) is 6.61 Å². The fraction of sp³-hybridized carbons (Fsp3) is 0.200. The second-order valence-corrected chi connectivity index (χ2v) is 6.01. The molecule has 5 nitrogen and oxygen atoms in total. The third kappa shape index (κ3) is 4.70. The number of benzene rings is 2. The molecule has 0 atom stereocenters. The van der Waals surface area contributed by atoms with Gasteiger partial charge in [-0.15, -0.1) is 0 Å². The van der Waals surface area contributed by atoms with Crippen molar-refractivity contribution in [3.8, 4) is 5.75 Å². The van der Waals surface area contributed by atoms with Crippen LogP contribution in [0.1, 0.15) is 16.7 Å². The molecular weight excluding hydrogens is 314 g/mol. The number of carbonyl (C=O) groups is 1. The Morgan fingerprint density at radius 1 is 1.08 bits per heavy atom. The lowest BCUT2D eigenvalue weighted by atomic mass is 10.1. The van der Waals surface area contributed by atoms with E-state index in [1.54, 1.807) is 16.9 Å². The summed E-state index contributed by atoms with van der Waals surface area (Å²) in [7, 11) is 0. The van der Waals surface area contributed by atoms with Crippen LogP contribution < -0.4 is 10.1 Å². The van der Waals surface area contributed by atoms with E-state index < -0.39 is 0 Å². The number of aryl methyl sites for hydroxylation is 2. The Labute approximate surface area is 147 Å². The van der Waals surface area contributed by atoms with Gasteiger partial charge in [0.05, 0.1) is 12.7 Å². The normalized spacial score (nSPS) is 10.5. The molecule has 0 aliphatic heterocycles. The summed E-state index contributed by atoms with van der Waals surface area (Å²) >= 11 is 0. The van der Waals surface area contributed by atoms with Crippen LogP contribution in [0.5, 0.6) is 5.75 Å². The standard InChI is InChI=1S/C20H21N3O2/c1-15-6-8-17(9-7-15)13-23-19(10-11-21-23)22-20(24)14-25-18-5-3-4-16(2)12-18/h3-12H,13-14H2,1-2H3,(H,22,24). The maximum Gasteiger partial charge on any atom is 0.263 e. The van der Waals surface area contributed by atoms with Crippen LogP contribution in [0.3, 0.4) is 0 Å². The second-order valence-electron chi connectivity index (χ2n) is 6.01. The van der Waals surface area contributed by atoms with Gasteiger partial charge in [0, 0.05) is 6.07 Å². The van der Waals surface area contributed by atoms with Gasteiger partial charge in [0.25, 0.3) is 5.91 Å². The molecule has 0 spiro atoms. The van der Waals surface area contributed by atoms with Gasteiger partial charge in [-0.2, -0.15) is 5.10 Å². The molecule has 1 aromatic heterocycles. The highest BCUT2D eigenvalue weighted by molar-refractivity contribution is 5.91. The molecular formula is C20H21N3O2. The Kier molecular flexibility index (Phi) is 5.14. The van der Waals surface area contributed by atoms with E-state index >= 15 is 0 Å². The van der Waals surface area contributed by atoms with Gasteiger partial charge in [0.1, 0.15) is 11.6 Å². The highest BCUT2D eigenvalue weighted by Crippen LogP contribution is 2.13. The van der Waals surface area contributed by atoms with Crippen molar-refractivity contribution in [2.75, 3.05) is 11.9 Å². The highest BCUT2D eigenvalue weighted by Gasteiger charge is 2.09. The van der Waals surface area contributed by atoms with Gasteiger partial charge in [-0.3, -0.25) is 4.79 Å². The molecule has 0 aliphatic rings. The predicted molar refractivity (Wildman–Crippen MR) is 97.8 cm³/mol. The summed E-state index contributed by atoms with van der Waals surface area (Å²) in [6.07, 6.45) is 1.67.